The molecule has 7 heteroatoms. The minimum atomic E-state index is -0.201. The quantitative estimate of drug-likeness (QED) is 0.560. The maximum absolute atomic E-state index is 12.4. The molecule has 0 spiro atoms. The molecule has 3 atom stereocenters. The molecule has 0 radical (unpaired) electrons. The van der Waals surface area contributed by atoms with E-state index >= 15 is 0 Å². The van der Waals surface area contributed by atoms with Gasteiger partial charge >= 0.3 is 6.03 Å². The van der Waals surface area contributed by atoms with Crippen molar-refractivity contribution >= 4 is 11.7 Å². The maximum atomic E-state index is 12.4. The fourth-order valence-electron chi connectivity index (χ4n) is 3.33. The predicted octanol–water partition coefficient (Wildman–Crippen LogP) is 0.597. The van der Waals surface area contributed by atoms with Gasteiger partial charge in [0.25, 0.3) is 0 Å². The Balaban J connectivity index is 1.60. The first-order valence-electron chi connectivity index (χ1n) is 8.62. The summed E-state index contributed by atoms with van der Waals surface area (Å²) in [7, 11) is 3.94. The Bertz CT molecular complexity index is 592. The van der Waals surface area contributed by atoms with Gasteiger partial charge in [-0.2, -0.15) is 0 Å². The number of anilines is 1. The van der Waals surface area contributed by atoms with Crippen molar-refractivity contribution < 1.29 is 4.79 Å². The molecule has 0 bridgehead atoms. The molecule has 2 aliphatic heterocycles. The normalized spacial score (nSPS) is 27.4. The average Bonchev–Trinajstić information content (AvgIpc) is 2.58. The minimum Gasteiger partial charge on any atom is -0.312 e. The zero-order valence-electron chi connectivity index (χ0n) is 14.6. The molecule has 1 fully saturated rings. The van der Waals surface area contributed by atoms with Crippen molar-refractivity contribution in [3.05, 3.63) is 29.3 Å². The lowest BCUT2D eigenvalue weighted by Gasteiger charge is -2.42. The molecule has 3 rings (SSSR count). The van der Waals surface area contributed by atoms with Gasteiger partial charge in [-0.3, -0.25) is 10.2 Å². The van der Waals surface area contributed by atoms with Crippen LogP contribution in [0, 0.1) is 0 Å². The van der Waals surface area contributed by atoms with E-state index in [1.165, 1.54) is 11.1 Å². The van der Waals surface area contributed by atoms with E-state index in [0.717, 1.165) is 31.6 Å². The number of rotatable bonds is 3. The molecule has 5 N–H and O–H groups in total. The zero-order chi connectivity index (χ0) is 17.1. The molecule has 2 heterocycles. The maximum Gasteiger partial charge on any atom is 0.321 e. The third kappa shape index (κ3) is 3.87. The van der Waals surface area contributed by atoms with Gasteiger partial charge in [0.05, 0.1) is 6.17 Å². The van der Waals surface area contributed by atoms with E-state index in [9.17, 15) is 4.79 Å². The Hall–Kier alpha value is -1.67. The Morgan fingerprint density at radius 3 is 2.96 bits per heavy atom. The highest BCUT2D eigenvalue weighted by molar-refractivity contribution is 5.89. The number of carbonyl (C=O) groups is 1. The molecule has 1 saturated heterocycles. The molecule has 7 nitrogen and oxygen atoms in total. The monoisotopic (exact) mass is 332 g/mol. The summed E-state index contributed by atoms with van der Waals surface area (Å²) in [5, 5.41) is 15.9. The molecule has 3 unspecified atom stereocenters. The summed E-state index contributed by atoms with van der Waals surface area (Å²) in [5.74, 6) is 0. The van der Waals surface area contributed by atoms with Crippen molar-refractivity contribution in [1.29, 1.82) is 0 Å². The van der Waals surface area contributed by atoms with E-state index in [4.69, 9.17) is 0 Å². The van der Waals surface area contributed by atoms with Crippen LogP contribution < -0.4 is 26.6 Å². The zero-order valence-corrected chi connectivity index (χ0v) is 14.6. The molecule has 2 amide bonds. The van der Waals surface area contributed by atoms with Crippen LogP contribution >= 0.6 is 0 Å². The lowest BCUT2D eigenvalue weighted by atomic mass is 10.0. The van der Waals surface area contributed by atoms with Crippen LogP contribution in [0.15, 0.2) is 18.2 Å². The molecule has 0 aliphatic carbocycles. The van der Waals surface area contributed by atoms with E-state index in [2.05, 4.69) is 50.5 Å². The summed E-state index contributed by atoms with van der Waals surface area (Å²) in [6.45, 7) is 4.06. The molecule has 1 aromatic carbocycles. The number of amides is 2. The summed E-state index contributed by atoms with van der Waals surface area (Å²) in [6.07, 6.45) is 1.98. The third-order valence-electron chi connectivity index (χ3n) is 5.01. The Kier molecular flexibility index (Phi) is 5.35. The van der Waals surface area contributed by atoms with E-state index in [0.29, 0.717) is 6.04 Å². The van der Waals surface area contributed by atoms with Gasteiger partial charge in [0.2, 0.25) is 0 Å². The van der Waals surface area contributed by atoms with Gasteiger partial charge in [0.1, 0.15) is 6.29 Å². The highest BCUT2D eigenvalue weighted by Crippen LogP contribution is 2.19. The average molecular weight is 332 g/mol. The van der Waals surface area contributed by atoms with E-state index in [1.54, 1.807) is 0 Å². The molecule has 1 aromatic rings. The van der Waals surface area contributed by atoms with Gasteiger partial charge in [-0.05, 0) is 63.7 Å². The number of fused-ring (bicyclic) bond motifs is 1. The Labute approximate surface area is 143 Å². The topological polar surface area (TPSA) is 80.5 Å². The SMILES string of the molecule is CNC1CC(C)N(C)C(NC(=O)Nc2ccc3c(c2)CCNC3)N1. The second kappa shape index (κ2) is 7.48. The van der Waals surface area contributed by atoms with E-state index in [-0.39, 0.29) is 18.5 Å². The first-order valence-corrected chi connectivity index (χ1v) is 8.62. The molecule has 0 saturated carbocycles. The van der Waals surface area contributed by atoms with Crippen LogP contribution in [-0.2, 0) is 13.0 Å². The van der Waals surface area contributed by atoms with Gasteiger partial charge < -0.3 is 21.3 Å². The van der Waals surface area contributed by atoms with Crippen molar-refractivity contribution in [2.45, 2.75) is 44.8 Å². The minimum absolute atomic E-state index is 0.192. The lowest BCUT2D eigenvalue weighted by molar-refractivity contribution is 0.0596. The largest absolute Gasteiger partial charge is 0.321 e. The van der Waals surface area contributed by atoms with Crippen LogP contribution in [0.5, 0.6) is 0 Å². The summed E-state index contributed by atoms with van der Waals surface area (Å²) in [6, 6.07) is 6.30. The van der Waals surface area contributed by atoms with Crippen LogP contribution in [-0.4, -0.2) is 50.1 Å². The van der Waals surface area contributed by atoms with Crippen LogP contribution in [0.2, 0.25) is 0 Å². The molecule has 24 heavy (non-hydrogen) atoms. The highest BCUT2D eigenvalue weighted by Gasteiger charge is 2.30. The number of nitrogens with one attached hydrogen (secondary N) is 5. The second-order valence-corrected chi connectivity index (χ2v) is 6.67. The fraction of sp³-hybridized carbons (Fsp3) is 0.588. The summed E-state index contributed by atoms with van der Waals surface area (Å²) in [5.41, 5.74) is 3.46. The first-order chi connectivity index (χ1) is 11.6. The number of benzene rings is 1. The number of carbonyl (C=O) groups excluding carboxylic acids is 1. The van der Waals surface area contributed by atoms with Gasteiger partial charge in [-0.15, -0.1) is 0 Å². The van der Waals surface area contributed by atoms with Crippen molar-refractivity contribution in [2.24, 2.45) is 0 Å². The van der Waals surface area contributed by atoms with Gasteiger partial charge in [-0.1, -0.05) is 6.07 Å². The smallest absolute Gasteiger partial charge is 0.312 e. The van der Waals surface area contributed by atoms with Gasteiger partial charge in [0.15, 0.2) is 0 Å². The van der Waals surface area contributed by atoms with Crippen LogP contribution in [0.25, 0.3) is 0 Å². The van der Waals surface area contributed by atoms with Crippen molar-refractivity contribution in [1.82, 2.24) is 26.2 Å². The first kappa shape index (κ1) is 17.2. The fourth-order valence-corrected chi connectivity index (χ4v) is 3.33. The number of hydrogen-bond donors (Lipinski definition) is 5. The number of nitrogens with zero attached hydrogens (tertiary/aromatic N) is 1. The molecule has 132 valence electrons. The Morgan fingerprint density at radius 2 is 2.17 bits per heavy atom. The standard InChI is InChI=1S/C17H28N6O/c1-11-8-15(18-2)21-16(23(11)3)22-17(24)20-14-5-4-13-10-19-7-6-12(13)9-14/h4-5,9,11,15-16,18-19,21H,6-8,10H2,1-3H3,(H2,20,22,24). The van der Waals surface area contributed by atoms with E-state index in [1.807, 2.05) is 20.2 Å². The third-order valence-corrected chi connectivity index (χ3v) is 5.01. The van der Waals surface area contributed by atoms with Crippen molar-refractivity contribution in [3.63, 3.8) is 0 Å². The summed E-state index contributed by atoms with van der Waals surface area (Å²) < 4.78 is 0. The second-order valence-electron chi connectivity index (χ2n) is 6.67. The molecular formula is C17H28N6O. The predicted molar refractivity (Wildman–Crippen MR) is 95.6 cm³/mol. The van der Waals surface area contributed by atoms with Crippen molar-refractivity contribution in [3.8, 4) is 0 Å². The van der Waals surface area contributed by atoms with Gasteiger partial charge in [-0.25, -0.2) is 4.79 Å². The molecular weight excluding hydrogens is 304 g/mol. The van der Waals surface area contributed by atoms with Crippen molar-refractivity contribution in [2.75, 3.05) is 26.0 Å². The molecule has 2 aliphatic rings. The highest BCUT2D eigenvalue weighted by atomic mass is 16.2. The van der Waals surface area contributed by atoms with Crippen LogP contribution in [0.3, 0.4) is 0 Å². The lowest BCUT2D eigenvalue weighted by Crippen LogP contribution is -2.67. The summed E-state index contributed by atoms with van der Waals surface area (Å²) in [4.78, 5) is 14.5. The van der Waals surface area contributed by atoms with Crippen LogP contribution in [0.4, 0.5) is 10.5 Å². The van der Waals surface area contributed by atoms with E-state index < -0.39 is 0 Å². The van der Waals surface area contributed by atoms with Gasteiger partial charge in [0, 0.05) is 18.3 Å². The summed E-state index contributed by atoms with van der Waals surface area (Å²) >= 11 is 0. The number of urea groups is 1. The molecule has 0 aromatic heterocycles. The van der Waals surface area contributed by atoms with Crippen LogP contribution in [0.1, 0.15) is 24.5 Å². The Morgan fingerprint density at radius 1 is 1.33 bits per heavy atom. The number of hydrogen-bond acceptors (Lipinski definition) is 5.